The first-order chi connectivity index (χ1) is 8.01. The van der Waals surface area contributed by atoms with Crippen molar-refractivity contribution < 1.29 is 9.21 Å². The first-order valence-electron chi connectivity index (χ1n) is 6.08. The molecule has 0 fully saturated rings. The summed E-state index contributed by atoms with van der Waals surface area (Å²) in [5, 5.41) is 3.00. The van der Waals surface area contributed by atoms with Gasteiger partial charge in [0.25, 0.3) is 5.91 Å². The van der Waals surface area contributed by atoms with Gasteiger partial charge in [-0.15, -0.1) is 0 Å². The minimum absolute atomic E-state index is 0.0582. The quantitative estimate of drug-likeness (QED) is 0.825. The van der Waals surface area contributed by atoms with E-state index >= 15 is 0 Å². The molecule has 1 amide bonds. The van der Waals surface area contributed by atoms with Crippen molar-refractivity contribution in [2.75, 3.05) is 6.54 Å². The van der Waals surface area contributed by atoms with Crippen LogP contribution >= 0.6 is 0 Å². The van der Waals surface area contributed by atoms with E-state index in [0.717, 1.165) is 24.2 Å². The number of carbonyl (C=O) groups is 1. The Balaban J connectivity index is 2.82. The molecule has 0 saturated heterocycles. The van der Waals surface area contributed by atoms with Crippen LogP contribution in [0.4, 0.5) is 0 Å². The minimum atomic E-state index is -0.0582. The molecule has 1 atom stereocenters. The Kier molecular flexibility index (Phi) is 4.75. The highest BCUT2D eigenvalue weighted by molar-refractivity contribution is 5.97. The summed E-state index contributed by atoms with van der Waals surface area (Å²) in [7, 11) is 0. The van der Waals surface area contributed by atoms with E-state index in [0.29, 0.717) is 17.9 Å². The lowest BCUT2D eigenvalue weighted by Crippen LogP contribution is -2.36. The molecule has 0 aromatic carbocycles. The summed E-state index contributed by atoms with van der Waals surface area (Å²) in [6.45, 7) is 8.22. The van der Waals surface area contributed by atoms with E-state index in [1.54, 1.807) is 0 Å². The van der Waals surface area contributed by atoms with Gasteiger partial charge in [0, 0.05) is 11.6 Å². The Morgan fingerprint density at radius 1 is 1.35 bits per heavy atom. The van der Waals surface area contributed by atoms with Crippen LogP contribution in [0.25, 0.3) is 0 Å². The van der Waals surface area contributed by atoms with Gasteiger partial charge in [-0.25, -0.2) is 0 Å². The smallest absolute Gasteiger partial charge is 0.255 e. The van der Waals surface area contributed by atoms with Gasteiger partial charge in [-0.3, -0.25) is 4.79 Å². The number of hydrogen-bond acceptors (Lipinski definition) is 3. The number of carbonyl (C=O) groups excluding carboxylic acids is 1. The summed E-state index contributed by atoms with van der Waals surface area (Å²) in [5.74, 6) is 1.43. The lowest BCUT2D eigenvalue weighted by Gasteiger charge is -2.15. The molecule has 0 spiro atoms. The predicted molar refractivity (Wildman–Crippen MR) is 68.1 cm³/mol. The molecule has 0 radical (unpaired) electrons. The molecule has 1 heterocycles. The van der Waals surface area contributed by atoms with E-state index < -0.39 is 0 Å². The van der Waals surface area contributed by atoms with Gasteiger partial charge in [0.05, 0.1) is 5.56 Å². The maximum atomic E-state index is 12.1. The number of amides is 1. The van der Waals surface area contributed by atoms with Crippen molar-refractivity contribution in [1.82, 2.24) is 5.32 Å². The Morgan fingerprint density at radius 3 is 2.41 bits per heavy atom. The van der Waals surface area contributed by atoms with Crippen molar-refractivity contribution in [1.29, 1.82) is 0 Å². The van der Waals surface area contributed by atoms with Gasteiger partial charge >= 0.3 is 0 Å². The average molecular weight is 238 g/mol. The molecule has 1 unspecified atom stereocenters. The molecule has 0 bridgehead atoms. The van der Waals surface area contributed by atoms with Gasteiger partial charge in [-0.05, 0) is 40.2 Å². The van der Waals surface area contributed by atoms with Crippen LogP contribution in [0.5, 0.6) is 0 Å². The summed E-state index contributed by atoms with van der Waals surface area (Å²) in [4.78, 5) is 12.1. The SMILES string of the molecule is CCC(CCN)NC(=O)c1c(C)oc(C)c1C. The summed E-state index contributed by atoms with van der Waals surface area (Å²) >= 11 is 0. The number of nitrogens with one attached hydrogen (secondary N) is 1. The largest absolute Gasteiger partial charge is 0.466 e. The number of rotatable bonds is 5. The number of furan rings is 1. The molecule has 4 heteroatoms. The van der Waals surface area contributed by atoms with Crippen LogP contribution in [0, 0.1) is 20.8 Å². The third-order valence-electron chi connectivity index (χ3n) is 3.13. The van der Waals surface area contributed by atoms with Gasteiger partial charge in [0.1, 0.15) is 11.5 Å². The van der Waals surface area contributed by atoms with E-state index in [1.165, 1.54) is 0 Å². The first-order valence-corrected chi connectivity index (χ1v) is 6.08. The van der Waals surface area contributed by atoms with Crippen LogP contribution in [0.3, 0.4) is 0 Å². The second kappa shape index (κ2) is 5.87. The highest BCUT2D eigenvalue weighted by atomic mass is 16.3. The van der Waals surface area contributed by atoms with Gasteiger partial charge < -0.3 is 15.5 Å². The zero-order valence-electron chi connectivity index (χ0n) is 11.1. The summed E-state index contributed by atoms with van der Waals surface area (Å²) in [6, 6.07) is 0.140. The molecule has 1 aromatic rings. The normalized spacial score (nSPS) is 12.5. The van der Waals surface area contributed by atoms with Crippen LogP contribution in [0.15, 0.2) is 4.42 Å². The van der Waals surface area contributed by atoms with Gasteiger partial charge in [0.2, 0.25) is 0 Å². The second-order valence-corrected chi connectivity index (χ2v) is 4.37. The van der Waals surface area contributed by atoms with Crippen LogP contribution in [-0.4, -0.2) is 18.5 Å². The fraction of sp³-hybridized carbons (Fsp3) is 0.615. The fourth-order valence-corrected chi connectivity index (χ4v) is 1.96. The second-order valence-electron chi connectivity index (χ2n) is 4.37. The van der Waals surface area contributed by atoms with Crippen LogP contribution in [0.2, 0.25) is 0 Å². The van der Waals surface area contributed by atoms with Gasteiger partial charge in [0.15, 0.2) is 0 Å². The molecular weight excluding hydrogens is 216 g/mol. The molecule has 0 saturated carbocycles. The third-order valence-corrected chi connectivity index (χ3v) is 3.13. The number of aryl methyl sites for hydroxylation is 2. The van der Waals surface area contributed by atoms with E-state index in [-0.39, 0.29) is 11.9 Å². The zero-order valence-corrected chi connectivity index (χ0v) is 11.1. The van der Waals surface area contributed by atoms with E-state index in [2.05, 4.69) is 5.32 Å². The molecule has 4 nitrogen and oxygen atoms in total. The number of hydrogen-bond donors (Lipinski definition) is 2. The van der Waals surface area contributed by atoms with E-state index in [1.807, 2.05) is 27.7 Å². The van der Waals surface area contributed by atoms with Crippen molar-refractivity contribution in [3.05, 3.63) is 22.6 Å². The van der Waals surface area contributed by atoms with Gasteiger partial charge in [-0.2, -0.15) is 0 Å². The maximum Gasteiger partial charge on any atom is 0.255 e. The molecule has 17 heavy (non-hydrogen) atoms. The standard InChI is InChI=1S/C13H22N2O2/c1-5-11(6-7-14)15-13(16)12-8(2)9(3)17-10(12)4/h11H,5-7,14H2,1-4H3,(H,15,16). The van der Waals surface area contributed by atoms with Crippen LogP contribution in [0.1, 0.15) is 47.2 Å². The number of nitrogens with two attached hydrogens (primary N) is 1. The maximum absolute atomic E-state index is 12.1. The predicted octanol–water partition coefficient (Wildman–Crippen LogP) is 2.06. The lowest BCUT2D eigenvalue weighted by atomic mass is 10.1. The minimum Gasteiger partial charge on any atom is -0.466 e. The fourth-order valence-electron chi connectivity index (χ4n) is 1.96. The summed E-state index contributed by atoms with van der Waals surface area (Å²) < 4.78 is 5.46. The van der Waals surface area contributed by atoms with E-state index in [4.69, 9.17) is 10.2 Å². The monoisotopic (exact) mass is 238 g/mol. The van der Waals surface area contributed by atoms with Crippen molar-refractivity contribution in [2.24, 2.45) is 5.73 Å². The highest BCUT2D eigenvalue weighted by Gasteiger charge is 2.20. The Hall–Kier alpha value is -1.29. The van der Waals surface area contributed by atoms with Crippen LogP contribution in [-0.2, 0) is 0 Å². The molecule has 0 aliphatic rings. The zero-order chi connectivity index (χ0) is 13.0. The Labute approximate surface area is 103 Å². The topological polar surface area (TPSA) is 68.3 Å². The molecular formula is C13H22N2O2. The first kappa shape index (κ1) is 13.8. The van der Waals surface area contributed by atoms with Crippen molar-refractivity contribution in [2.45, 2.75) is 46.6 Å². The third kappa shape index (κ3) is 3.09. The van der Waals surface area contributed by atoms with E-state index in [9.17, 15) is 4.79 Å². The van der Waals surface area contributed by atoms with Crippen molar-refractivity contribution in [3.63, 3.8) is 0 Å². The molecule has 1 aromatic heterocycles. The molecule has 0 aliphatic carbocycles. The van der Waals surface area contributed by atoms with Crippen molar-refractivity contribution >= 4 is 5.91 Å². The Bertz CT molecular complexity index is 396. The average Bonchev–Trinajstić information content (AvgIpc) is 2.52. The van der Waals surface area contributed by atoms with Crippen molar-refractivity contribution in [3.8, 4) is 0 Å². The summed E-state index contributed by atoms with van der Waals surface area (Å²) in [6.07, 6.45) is 1.69. The molecule has 96 valence electrons. The Morgan fingerprint density at radius 2 is 2.00 bits per heavy atom. The highest BCUT2D eigenvalue weighted by Crippen LogP contribution is 2.20. The summed E-state index contributed by atoms with van der Waals surface area (Å²) in [5.41, 5.74) is 7.10. The van der Waals surface area contributed by atoms with Gasteiger partial charge in [-0.1, -0.05) is 6.92 Å². The molecule has 1 rings (SSSR count). The van der Waals surface area contributed by atoms with Crippen LogP contribution < -0.4 is 11.1 Å². The molecule has 3 N–H and O–H groups in total. The molecule has 0 aliphatic heterocycles. The lowest BCUT2D eigenvalue weighted by molar-refractivity contribution is 0.0932.